The molecular formula is C20H39NO4. The van der Waals surface area contributed by atoms with Gasteiger partial charge in [-0.2, -0.15) is 0 Å². The van der Waals surface area contributed by atoms with Gasteiger partial charge in [-0.25, -0.2) is 0 Å². The maximum atomic E-state index is 12.4. The molecule has 0 radical (unpaired) electrons. The van der Waals surface area contributed by atoms with E-state index in [1.54, 1.807) is 0 Å². The number of rotatable bonds is 16. The first-order valence-corrected chi connectivity index (χ1v) is 9.87. The van der Waals surface area contributed by atoms with Crippen molar-refractivity contribution in [3.05, 3.63) is 0 Å². The Morgan fingerprint density at radius 1 is 0.880 bits per heavy atom. The van der Waals surface area contributed by atoms with Gasteiger partial charge in [0.15, 0.2) is 11.4 Å². The topological polar surface area (TPSA) is 77.4 Å². The Kier molecular flexibility index (Phi) is 12.0. The zero-order valence-electron chi connectivity index (χ0n) is 16.8. The smallest absolute Gasteiger partial charge is 0.177 e. The second-order valence-electron chi connectivity index (χ2n) is 8.38. The number of unbranched alkanes of at least 4 members (excludes halogenated alkanes) is 9. The molecule has 1 atom stereocenters. The van der Waals surface area contributed by atoms with Crippen LogP contribution in [0, 0.1) is 0 Å². The third kappa shape index (κ3) is 13.0. The van der Waals surface area contributed by atoms with E-state index in [-0.39, 0.29) is 18.7 Å². The first-order chi connectivity index (χ1) is 11.6. The number of carbonyl (C=O) groups is 2. The van der Waals surface area contributed by atoms with Crippen molar-refractivity contribution >= 4 is 11.8 Å². The summed E-state index contributed by atoms with van der Waals surface area (Å²) < 4.78 is 0.327. The van der Waals surface area contributed by atoms with E-state index < -0.39 is 18.0 Å². The number of hydrogen-bond acceptors (Lipinski definition) is 4. The van der Waals surface area contributed by atoms with Crippen molar-refractivity contribution in [1.29, 1.82) is 0 Å². The molecular weight excluding hydrogens is 318 g/mol. The van der Waals surface area contributed by atoms with Gasteiger partial charge >= 0.3 is 0 Å². The standard InChI is InChI=1S/C20H39NO4/c1-5-6-7-8-9-10-11-12-13-14-15-18(22)20(25,16-19(23)24)17-21(2,3)4/h25H,5-17H2,1-4H3. The summed E-state index contributed by atoms with van der Waals surface area (Å²) in [6.07, 6.45) is 11.3. The molecule has 5 nitrogen and oxygen atoms in total. The van der Waals surface area contributed by atoms with Gasteiger partial charge in [0, 0.05) is 18.8 Å². The van der Waals surface area contributed by atoms with Crippen LogP contribution in [0.1, 0.15) is 84.0 Å². The van der Waals surface area contributed by atoms with E-state index in [9.17, 15) is 19.8 Å². The van der Waals surface area contributed by atoms with Crippen LogP contribution in [-0.2, 0) is 9.59 Å². The van der Waals surface area contributed by atoms with Gasteiger partial charge in [0.25, 0.3) is 0 Å². The number of carbonyl (C=O) groups excluding carboxylic acids is 2. The van der Waals surface area contributed by atoms with E-state index in [0.29, 0.717) is 10.9 Å². The molecule has 0 rings (SSSR count). The van der Waals surface area contributed by atoms with Crippen LogP contribution in [0.15, 0.2) is 0 Å². The number of nitrogens with zero attached hydrogens (tertiary/aromatic N) is 1. The highest BCUT2D eigenvalue weighted by atomic mass is 16.4. The van der Waals surface area contributed by atoms with Crippen LogP contribution in [0.25, 0.3) is 0 Å². The number of hydrogen-bond donors (Lipinski definition) is 1. The number of aliphatic carboxylic acids is 1. The highest BCUT2D eigenvalue weighted by molar-refractivity contribution is 5.90. The summed E-state index contributed by atoms with van der Waals surface area (Å²) in [6.45, 7) is 2.30. The second kappa shape index (κ2) is 12.4. The summed E-state index contributed by atoms with van der Waals surface area (Å²) in [5.74, 6) is -1.75. The molecule has 0 saturated heterocycles. The first-order valence-electron chi connectivity index (χ1n) is 9.87. The fourth-order valence-electron chi connectivity index (χ4n) is 3.27. The summed E-state index contributed by atoms with van der Waals surface area (Å²) in [4.78, 5) is 23.3. The average molecular weight is 358 g/mol. The average Bonchev–Trinajstić information content (AvgIpc) is 2.46. The Bertz CT molecular complexity index is 390. The minimum Gasteiger partial charge on any atom is -0.550 e. The minimum atomic E-state index is -1.82. The molecule has 0 heterocycles. The van der Waals surface area contributed by atoms with Gasteiger partial charge in [0.1, 0.15) is 6.54 Å². The molecule has 25 heavy (non-hydrogen) atoms. The molecule has 0 spiro atoms. The number of quaternary nitrogens is 1. The van der Waals surface area contributed by atoms with Crippen molar-refractivity contribution in [2.24, 2.45) is 0 Å². The predicted octanol–water partition coefficient (Wildman–Crippen LogP) is 2.44. The van der Waals surface area contributed by atoms with E-state index >= 15 is 0 Å². The fraction of sp³-hybridized carbons (Fsp3) is 0.900. The molecule has 0 aliphatic carbocycles. The lowest BCUT2D eigenvalue weighted by atomic mass is 9.89. The van der Waals surface area contributed by atoms with Crippen LogP contribution < -0.4 is 5.11 Å². The van der Waals surface area contributed by atoms with Gasteiger partial charge in [-0.3, -0.25) is 4.79 Å². The molecule has 0 bridgehead atoms. The fourth-order valence-corrected chi connectivity index (χ4v) is 3.27. The van der Waals surface area contributed by atoms with Crippen molar-refractivity contribution in [2.45, 2.75) is 89.6 Å². The van der Waals surface area contributed by atoms with Gasteiger partial charge in [0.2, 0.25) is 0 Å². The molecule has 1 unspecified atom stereocenters. The van der Waals surface area contributed by atoms with Crippen molar-refractivity contribution < 1.29 is 24.3 Å². The second-order valence-corrected chi connectivity index (χ2v) is 8.38. The molecule has 0 aliphatic heterocycles. The van der Waals surface area contributed by atoms with Crippen molar-refractivity contribution in [3.63, 3.8) is 0 Å². The van der Waals surface area contributed by atoms with E-state index in [4.69, 9.17) is 0 Å². The zero-order valence-corrected chi connectivity index (χ0v) is 16.8. The van der Waals surface area contributed by atoms with Gasteiger partial charge in [-0.15, -0.1) is 0 Å². The number of carboxylic acid groups (broad SMARTS) is 1. The quantitative estimate of drug-likeness (QED) is 0.340. The molecule has 0 fully saturated rings. The van der Waals surface area contributed by atoms with Gasteiger partial charge in [0.05, 0.1) is 21.1 Å². The largest absolute Gasteiger partial charge is 0.550 e. The lowest BCUT2D eigenvalue weighted by molar-refractivity contribution is -0.875. The number of ketones is 1. The predicted molar refractivity (Wildman–Crippen MR) is 98.9 cm³/mol. The van der Waals surface area contributed by atoms with Crippen LogP contribution in [0.4, 0.5) is 0 Å². The van der Waals surface area contributed by atoms with E-state index in [1.807, 2.05) is 21.1 Å². The van der Waals surface area contributed by atoms with Crippen LogP contribution in [0.2, 0.25) is 0 Å². The lowest BCUT2D eigenvalue weighted by Gasteiger charge is -2.34. The molecule has 0 aromatic heterocycles. The Morgan fingerprint density at radius 3 is 1.72 bits per heavy atom. The molecule has 1 N–H and O–H groups in total. The van der Waals surface area contributed by atoms with Gasteiger partial charge in [-0.1, -0.05) is 64.7 Å². The summed E-state index contributed by atoms with van der Waals surface area (Å²) in [6, 6.07) is 0. The van der Waals surface area contributed by atoms with Crippen molar-refractivity contribution in [3.8, 4) is 0 Å². The number of aliphatic hydroxyl groups is 1. The van der Waals surface area contributed by atoms with Gasteiger partial charge < -0.3 is 19.5 Å². The maximum absolute atomic E-state index is 12.4. The highest BCUT2D eigenvalue weighted by Crippen LogP contribution is 2.20. The van der Waals surface area contributed by atoms with Crippen LogP contribution in [0.5, 0.6) is 0 Å². The van der Waals surface area contributed by atoms with Crippen LogP contribution in [0.3, 0.4) is 0 Å². The molecule has 0 saturated carbocycles. The summed E-state index contributed by atoms with van der Waals surface area (Å²) >= 11 is 0. The number of carboxylic acids is 1. The third-order valence-corrected chi connectivity index (χ3v) is 4.45. The Hall–Kier alpha value is -0.940. The first kappa shape index (κ1) is 24.1. The molecule has 0 amide bonds. The zero-order chi connectivity index (χ0) is 19.3. The van der Waals surface area contributed by atoms with E-state index in [2.05, 4.69) is 6.92 Å². The van der Waals surface area contributed by atoms with Crippen molar-refractivity contribution in [2.75, 3.05) is 27.7 Å². The number of Topliss-reactive ketones (excluding diaryl/α,β-unsaturated/α-hetero) is 1. The van der Waals surface area contributed by atoms with Crippen LogP contribution in [-0.4, -0.2) is 54.6 Å². The summed E-state index contributed by atoms with van der Waals surface area (Å²) in [5, 5.41) is 21.5. The SMILES string of the molecule is CCCCCCCCCCCCC(=O)C(O)(CC(=O)[O-])C[N+](C)(C)C. The summed E-state index contributed by atoms with van der Waals surface area (Å²) in [7, 11) is 5.48. The molecule has 0 aliphatic rings. The van der Waals surface area contributed by atoms with E-state index in [0.717, 1.165) is 12.8 Å². The molecule has 0 aromatic carbocycles. The van der Waals surface area contributed by atoms with E-state index in [1.165, 1.54) is 44.9 Å². The minimum absolute atomic E-state index is 0.0809. The Morgan fingerprint density at radius 2 is 1.32 bits per heavy atom. The molecule has 5 heteroatoms. The van der Waals surface area contributed by atoms with Crippen molar-refractivity contribution in [1.82, 2.24) is 0 Å². The Labute approximate surface area is 154 Å². The molecule has 0 aromatic rings. The van der Waals surface area contributed by atoms with Gasteiger partial charge in [-0.05, 0) is 6.42 Å². The molecule has 148 valence electrons. The normalized spacial score (nSPS) is 14.3. The highest BCUT2D eigenvalue weighted by Gasteiger charge is 2.40. The Balaban J connectivity index is 4.05. The lowest BCUT2D eigenvalue weighted by Crippen LogP contribution is -2.56. The third-order valence-electron chi connectivity index (χ3n) is 4.45. The monoisotopic (exact) mass is 357 g/mol. The maximum Gasteiger partial charge on any atom is 0.177 e. The summed E-state index contributed by atoms with van der Waals surface area (Å²) in [5.41, 5.74) is -1.82. The number of likely N-dealkylation sites (N-methyl/N-ethyl adjacent to an activating group) is 1. The van der Waals surface area contributed by atoms with Crippen LogP contribution >= 0.6 is 0 Å².